The van der Waals surface area contributed by atoms with Gasteiger partial charge in [0, 0.05) is 6.92 Å². The highest BCUT2D eigenvalue weighted by Gasteiger charge is 2.52. The fourth-order valence-corrected chi connectivity index (χ4v) is 2.14. The summed E-state index contributed by atoms with van der Waals surface area (Å²) in [6.45, 7) is 0.983. The van der Waals surface area contributed by atoms with E-state index >= 15 is 0 Å². The van der Waals surface area contributed by atoms with E-state index in [0.717, 1.165) is 13.0 Å². The lowest BCUT2D eigenvalue weighted by molar-refractivity contribution is -0.375. The molecule has 21 heavy (non-hydrogen) atoms. The number of carbonyl (C=O) groups excluding carboxylic acids is 1. The fourth-order valence-electron chi connectivity index (χ4n) is 1.65. The fraction of sp³-hybridized carbons (Fsp3) is 0.417. The quantitative estimate of drug-likeness (QED) is 0.439. The molecule has 0 aliphatic rings. The summed E-state index contributed by atoms with van der Waals surface area (Å²) in [5.41, 5.74) is -0.413. The average Bonchev–Trinajstić information content (AvgIpc) is 2.36. The Hall–Kier alpha value is -1.39. The molecule has 0 bridgehead atoms. The monoisotopic (exact) mass is 365 g/mol. The molecule has 9 heteroatoms. The molecule has 0 heterocycles. The van der Waals surface area contributed by atoms with Crippen molar-refractivity contribution in [3.8, 4) is 11.5 Å². The van der Waals surface area contributed by atoms with Crippen LogP contribution in [0.1, 0.15) is 12.5 Å². The molecule has 5 N–H and O–H groups in total. The Bertz CT molecular complexity index is 545. The molecule has 1 aromatic carbocycles. The maximum absolute atomic E-state index is 11.0. The van der Waals surface area contributed by atoms with Crippen LogP contribution in [-0.2, 0) is 10.6 Å². The van der Waals surface area contributed by atoms with Gasteiger partial charge < -0.3 is 35.2 Å². The summed E-state index contributed by atoms with van der Waals surface area (Å²) >= 11 is 3.18. The van der Waals surface area contributed by atoms with E-state index in [1.807, 2.05) is 0 Å². The Morgan fingerprint density at radius 2 is 1.67 bits per heavy atom. The summed E-state index contributed by atoms with van der Waals surface area (Å²) < 4.78 is 10.4. The number of hydrogen-bond acceptors (Lipinski definition) is 7. The zero-order valence-corrected chi connectivity index (χ0v) is 13.1. The topological polar surface area (TPSA) is 128 Å². The number of halogens is 1. The smallest absolute Gasteiger partial charge is 0.308 e. The first-order chi connectivity index (χ1) is 9.56. The van der Waals surface area contributed by atoms with Crippen molar-refractivity contribution in [2.24, 2.45) is 0 Å². The van der Waals surface area contributed by atoms with Crippen molar-refractivity contribution in [2.45, 2.75) is 18.6 Å². The first-order valence-corrected chi connectivity index (χ1v) is 6.46. The van der Waals surface area contributed by atoms with Gasteiger partial charge in [-0.25, -0.2) is 0 Å². The molecule has 0 fully saturated rings. The van der Waals surface area contributed by atoms with E-state index in [2.05, 4.69) is 15.9 Å². The van der Waals surface area contributed by atoms with Gasteiger partial charge in [0.2, 0.25) is 5.91 Å². The largest absolute Gasteiger partial charge is 0.496 e. The SMILES string of the molecule is COc1cc(C(O)(O)C(O)(O)NC(C)=O)c(OC)cc1Br. The molecule has 0 aromatic heterocycles. The van der Waals surface area contributed by atoms with Crippen LogP contribution >= 0.6 is 15.9 Å². The van der Waals surface area contributed by atoms with E-state index in [0.29, 0.717) is 4.47 Å². The van der Waals surface area contributed by atoms with Crippen molar-refractivity contribution in [3.05, 3.63) is 22.2 Å². The number of hydrogen-bond donors (Lipinski definition) is 5. The molecule has 0 saturated heterocycles. The molecule has 0 aliphatic heterocycles. The lowest BCUT2D eigenvalue weighted by atomic mass is 10.0. The maximum Gasteiger partial charge on any atom is 0.308 e. The summed E-state index contributed by atoms with van der Waals surface area (Å²) in [6, 6.07) is 2.48. The molecule has 0 saturated carbocycles. The van der Waals surface area contributed by atoms with Crippen LogP contribution < -0.4 is 14.8 Å². The first-order valence-electron chi connectivity index (χ1n) is 5.67. The van der Waals surface area contributed by atoms with E-state index in [1.165, 1.54) is 20.3 Å². The van der Waals surface area contributed by atoms with Crippen molar-refractivity contribution in [1.82, 2.24) is 5.32 Å². The van der Waals surface area contributed by atoms with Crippen LogP contribution in [0.15, 0.2) is 16.6 Å². The van der Waals surface area contributed by atoms with Crippen LogP contribution in [0.2, 0.25) is 0 Å². The van der Waals surface area contributed by atoms with Gasteiger partial charge in [-0.15, -0.1) is 0 Å². The van der Waals surface area contributed by atoms with Crippen molar-refractivity contribution < 1.29 is 34.7 Å². The van der Waals surface area contributed by atoms with Crippen molar-refractivity contribution in [2.75, 3.05) is 14.2 Å². The first kappa shape index (κ1) is 17.7. The average molecular weight is 366 g/mol. The van der Waals surface area contributed by atoms with Crippen LogP contribution in [0.5, 0.6) is 11.5 Å². The second-order valence-corrected chi connectivity index (χ2v) is 5.07. The van der Waals surface area contributed by atoms with E-state index in [4.69, 9.17) is 9.47 Å². The molecule has 0 aliphatic carbocycles. The Kier molecular flexibility index (Phi) is 5.18. The summed E-state index contributed by atoms with van der Waals surface area (Å²) in [7, 11) is 2.59. The molecule has 1 rings (SSSR count). The van der Waals surface area contributed by atoms with E-state index in [9.17, 15) is 25.2 Å². The zero-order chi connectivity index (χ0) is 16.4. The van der Waals surface area contributed by atoms with Gasteiger partial charge >= 0.3 is 5.91 Å². The number of carbonyl (C=O) groups is 1. The maximum atomic E-state index is 11.0. The third kappa shape index (κ3) is 3.44. The predicted molar refractivity (Wildman–Crippen MR) is 74.3 cm³/mol. The van der Waals surface area contributed by atoms with Crippen molar-refractivity contribution >= 4 is 21.8 Å². The molecule has 8 nitrogen and oxygen atoms in total. The van der Waals surface area contributed by atoms with Crippen LogP contribution in [0.3, 0.4) is 0 Å². The van der Waals surface area contributed by atoms with Crippen LogP contribution in [0.25, 0.3) is 0 Å². The molecule has 0 atom stereocenters. The minimum absolute atomic E-state index is 0.0643. The number of benzene rings is 1. The molecular weight excluding hydrogens is 350 g/mol. The lowest BCUT2D eigenvalue weighted by Crippen LogP contribution is -2.62. The standard InChI is InChI=1S/C12H16BrNO7/c1-6(15)14-12(18,19)11(16,17)7-4-10(21-3)8(13)5-9(7)20-2/h4-5,16-19H,1-3H3,(H,14,15). The van der Waals surface area contributed by atoms with E-state index < -0.39 is 23.2 Å². The van der Waals surface area contributed by atoms with E-state index in [-0.39, 0.29) is 11.5 Å². The number of ether oxygens (including phenoxy) is 2. The predicted octanol–water partition coefficient (Wildman–Crippen LogP) is -0.622. The van der Waals surface area contributed by atoms with Gasteiger partial charge in [-0.2, -0.15) is 0 Å². The summed E-state index contributed by atoms with van der Waals surface area (Å²) in [5, 5.41) is 41.2. The number of aliphatic hydroxyl groups is 4. The van der Waals surface area contributed by atoms with Crippen molar-refractivity contribution in [1.29, 1.82) is 0 Å². The summed E-state index contributed by atoms with van der Waals surface area (Å²) in [6.07, 6.45) is 0. The molecule has 118 valence electrons. The van der Waals surface area contributed by atoms with Gasteiger partial charge in [0.25, 0.3) is 5.79 Å². The van der Waals surface area contributed by atoms with Gasteiger partial charge in [0.15, 0.2) is 0 Å². The summed E-state index contributed by atoms with van der Waals surface area (Å²) in [4.78, 5) is 11.0. The van der Waals surface area contributed by atoms with Crippen LogP contribution in [0.4, 0.5) is 0 Å². The number of amides is 1. The number of nitrogens with one attached hydrogen (secondary N) is 1. The highest BCUT2D eigenvalue weighted by molar-refractivity contribution is 9.10. The summed E-state index contributed by atoms with van der Waals surface area (Å²) in [5.74, 6) is -7.35. The molecule has 1 amide bonds. The highest BCUT2D eigenvalue weighted by atomic mass is 79.9. The van der Waals surface area contributed by atoms with Gasteiger partial charge in [-0.1, -0.05) is 0 Å². The van der Waals surface area contributed by atoms with Crippen LogP contribution in [-0.4, -0.2) is 46.5 Å². The Morgan fingerprint density at radius 3 is 2.10 bits per heavy atom. The van der Waals surface area contributed by atoms with Gasteiger partial charge in [0.1, 0.15) is 11.5 Å². The van der Waals surface area contributed by atoms with Crippen molar-refractivity contribution in [3.63, 3.8) is 0 Å². The minimum Gasteiger partial charge on any atom is -0.496 e. The molecule has 1 aromatic rings. The van der Waals surface area contributed by atoms with Crippen LogP contribution in [0, 0.1) is 0 Å². The van der Waals surface area contributed by atoms with Gasteiger partial charge in [-0.3, -0.25) is 4.79 Å². The Balaban J connectivity index is 3.45. The normalized spacial score (nSPS) is 12.0. The third-order valence-electron chi connectivity index (χ3n) is 2.69. The zero-order valence-electron chi connectivity index (χ0n) is 11.5. The van der Waals surface area contributed by atoms with Gasteiger partial charge in [0.05, 0.1) is 24.3 Å². The molecule has 0 spiro atoms. The molecular formula is C12H16BrNO7. The van der Waals surface area contributed by atoms with Gasteiger partial charge in [-0.05, 0) is 28.1 Å². The Morgan fingerprint density at radius 1 is 1.14 bits per heavy atom. The second-order valence-electron chi connectivity index (χ2n) is 4.21. The molecule has 0 unspecified atom stereocenters. The Labute approximate surface area is 129 Å². The minimum atomic E-state index is -3.34. The lowest BCUT2D eigenvalue weighted by Gasteiger charge is -2.35. The van der Waals surface area contributed by atoms with E-state index in [1.54, 1.807) is 5.32 Å². The molecule has 0 radical (unpaired) electrons. The number of rotatable bonds is 5. The highest BCUT2D eigenvalue weighted by Crippen LogP contribution is 2.40. The second kappa shape index (κ2) is 6.16. The number of methoxy groups -OCH3 is 2. The third-order valence-corrected chi connectivity index (χ3v) is 3.31.